The molecule has 0 fully saturated rings. The minimum absolute atomic E-state index is 0.510. The summed E-state index contributed by atoms with van der Waals surface area (Å²) in [5.41, 5.74) is -7.01. The molecule has 0 aliphatic heterocycles. The van der Waals surface area contributed by atoms with E-state index in [2.05, 4.69) is 0 Å². The zero-order valence-electron chi connectivity index (χ0n) is 12.3. The van der Waals surface area contributed by atoms with Crippen LogP contribution in [0, 0.1) is 0 Å². The van der Waals surface area contributed by atoms with Crippen molar-refractivity contribution >= 4 is 11.7 Å². The Morgan fingerprint density at radius 3 is 1.80 bits per heavy atom. The molecule has 25 heavy (non-hydrogen) atoms. The number of hydrogen-bond acceptors (Lipinski definition) is 1. The summed E-state index contributed by atoms with van der Waals surface area (Å²) >= 11 is 0. The minimum Gasteiger partial charge on any atom is -0.316 e. The van der Waals surface area contributed by atoms with Crippen LogP contribution >= 0.6 is 0 Å². The summed E-state index contributed by atoms with van der Waals surface area (Å²) in [6.07, 6.45) is -18.4. The molecule has 1 aromatic rings. The normalized spacial score (nSPS) is 13.5. The molecule has 0 atom stereocenters. The fourth-order valence-electron chi connectivity index (χ4n) is 1.98. The Labute approximate surface area is 135 Å². The van der Waals surface area contributed by atoms with Gasteiger partial charge < -0.3 is 10.6 Å². The number of urea groups is 1. The molecule has 0 aliphatic rings. The van der Waals surface area contributed by atoms with Gasteiger partial charge in [-0.3, -0.25) is 0 Å². The van der Waals surface area contributed by atoms with Crippen LogP contribution in [0.3, 0.4) is 0 Å². The molecule has 0 saturated carbocycles. The van der Waals surface area contributed by atoms with Crippen molar-refractivity contribution in [2.45, 2.75) is 37.4 Å². The van der Waals surface area contributed by atoms with Gasteiger partial charge >= 0.3 is 24.6 Å². The second kappa shape index (κ2) is 6.64. The van der Waals surface area contributed by atoms with E-state index in [1.54, 1.807) is 0 Å². The Morgan fingerprint density at radius 2 is 1.40 bits per heavy atom. The van der Waals surface area contributed by atoms with Crippen LogP contribution in [0.4, 0.5) is 50.0 Å². The van der Waals surface area contributed by atoms with Crippen LogP contribution in [-0.4, -0.2) is 23.9 Å². The number of carbonyl (C=O) groups is 1. The van der Waals surface area contributed by atoms with Gasteiger partial charge in [-0.1, -0.05) is 19.1 Å². The van der Waals surface area contributed by atoms with E-state index in [1.165, 1.54) is 5.32 Å². The third-order valence-corrected chi connectivity index (χ3v) is 3.31. The van der Waals surface area contributed by atoms with Crippen molar-refractivity contribution in [2.75, 3.05) is 5.32 Å². The van der Waals surface area contributed by atoms with Gasteiger partial charge in [0, 0.05) is 0 Å². The topological polar surface area (TPSA) is 41.1 Å². The van der Waals surface area contributed by atoms with E-state index in [0.29, 0.717) is 19.1 Å². The molecular formula is C13H11F9N2O. The first-order valence-corrected chi connectivity index (χ1v) is 6.54. The molecule has 2 N–H and O–H groups in total. The van der Waals surface area contributed by atoms with Crippen LogP contribution < -0.4 is 10.6 Å². The van der Waals surface area contributed by atoms with Crippen LogP contribution in [-0.2, 0) is 6.18 Å². The van der Waals surface area contributed by atoms with Crippen molar-refractivity contribution in [1.29, 1.82) is 0 Å². The molecule has 0 unspecified atom stereocenters. The zero-order chi connectivity index (χ0) is 19.7. The van der Waals surface area contributed by atoms with E-state index in [0.717, 1.165) is 17.4 Å². The number of carbonyl (C=O) groups excluding carboxylic acids is 1. The maximum atomic E-state index is 12.9. The van der Waals surface area contributed by atoms with Crippen molar-refractivity contribution in [3.8, 4) is 0 Å². The quantitative estimate of drug-likeness (QED) is 0.702. The Balaban J connectivity index is 3.18. The van der Waals surface area contributed by atoms with Gasteiger partial charge in [-0.25, -0.2) is 4.79 Å². The van der Waals surface area contributed by atoms with E-state index in [1.807, 2.05) is 0 Å². The molecule has 0 aromatic heterocycles. The van der Waals surface area contributed by atoms with Gasteiger partial charge in [0.25, 0.3) is 0 Å². The third kappa shape index (κ3) is 4.28. The van der Waals surface area contributed by atoms with E-state index in [-0.39, 0.29) is 0 Å². The largest absolute Gasteiger partial charge is 0.420 e. The standard InChI is InChI=1S/C13H11F9N2O/c1-2-10(12(17,18)19,13(20,21)22)24-9(25)23-8-6-4-3-5-7(8)11(14,15)16/h3-6H,2H2,1H3,(H2,23,24,25). The molecule has 0 bridgehead atoms. The predicted molar refractivity (Wildman–Crippen MR) is 68.7 cm³/mol. The van der Waals surface area contributed by atoms with Crippen LogP contribution in [0.15, 0.2) is 24.3 Å². The van der Waals surface area contributed by atoms with Gasteiger partial charge in [-0.2, -0.15) is 39.5 Å². The fourth-order valence-corrected chi connectivity index (χ4v) is 1.98. The summed E-state index contributed by atoms with van der Waals surface area (Å²) in [6.45, 7) is 0.533. The summed E-state index contributed by atoms with van der Waals surface area (Å²) in [5.74, 6) is 0. The Hall–Kier alpha value is -2.14. The number of para-hydroxylation sites is 1. The second-order valence-corrected chi connectivity index (χ2v) is 4.88. The van der Waals surface area contributed by atoms with E-state index < -0.39 is 47.8 Å². The number of rotatable bonds is 3. The predicted octanol–water partition coefficient (Wildman–Crippen LogP) is 5.10. The summed E-state index contributed by atoms with van der Waals surface area (Å²) in [5, 5.41) is 2.10. The molecule has 0 aliphatic carbocycles. The number of nitrogens with one attached hydrogen (secondary N) is 2. The van der Waals surface area contributed by atoms with Crippen molar-refractivity contribution in [3.63, 3.8) is 0 Å². The number of anilines is 1. The maximum absolute atomic E-state index is 12.9. The van der Waals surface area contributed by atoms with Crippen molar-refractivity contribution in [3.05, 3.63) is 29.8 Å². The first-order valence-electron chi connectivity index (χ1n) is 6.54. The van der Waals surface area contributed by atoms with Gasteiger partial charge in [-0.05, 0) is 18.6 Å². The first-order chi connectivity index (χ1) is 11.2. The second-order valence-electron chi connectivity index (χ2n) is 4.88. The smallest absolute Gasteiger partial charge is 0.316 e. The lowest BCUT2D eigenvalue weighted by atomic mass is 9.94. The number of hydrogen-bond donors (Lipinski definition) is 2. The van der Waals surface area contributed by atoms with E-state index >= 15 is 0 Å². The number of amides is 2. The number of halogens is 9. The van der Waals surface area contributed by atoms with Crippen LogP contribution in [0.2, 0.25) is 0 Å². The van der Waals surface area contributed by atoms with Gasteiger partial charge in [0.2, 0.25) is 5.54 Å². The lowest BCUT2D eigenvalue weighted by Gasteiger charge is -2.37. The van der Waals surface area contributed by atoms with Crippen LogP contribution in [0.5, 0.6) is 0 Å². The molecule has 0 heterocycles. The molecule has 0 radical (unpaired) electrons. The number of alkyl halides is 9. The molecule has 0 saturated heterocycles. The van der Waals surface area contributed by atoms with E-state index in [9.17, 15) is 44.3 Å². The monoisotopic (exact) mass is 382 g/mol. The SMILES string of the molecule is CCC(NC(=O)Nc1ccccc1C(F)(F)F)(C(F)(F)F)C(F)(F)F. The Kier molecular flexibility index (Phi) is 5.55. The van der Waals surface area contributed by atoms with Gasteiger partial charge in [-0.15, -0.1) is 0 Å². The summed E-state index contributed by atoms with van der Waals surface area (Å²) < 4.78 is 116. The third-order valence-electron chi connectivity index (χ3n) is 3.31. The molecule has 2 amide bonds. The lowest BCUT2D eigenvalue weighted by molar-refractivity contribution is -0.304. The molecular weight excluding hydrogens is 371 g/mol. The van der Waals surface area contributed by atoms with Crippen LogP contribution in [0.1, 0.15) is 18.9 Å². The highest BCUT2D eigenvalue weighted by molar-refractivity contribution is 5.90. The maximum Gasteiger partial charge on any atom is 0.420 e. The number of benzene rings is 1. The molecule has 12 heteroatoms. The van der Waals surface area contributed by atoms with Gasteiger partial charge in [0.1, 0.15) is 0 Å². The fraction of sp³-hybridized carbons (Fsp3) is 0.462. The van der Waals surface area contributed by atoms with Gasteiger partial charge in [0.15, 0.2) is 0 Å². The molecule has 0 spiro atoms. The molecule has 1 aromatic carbocycles. The lowest BCUT2D eigenvalue weighted by Crippen LogP contribution is -2.67. The summed E-state index contributed by atoms with van der Waals surface area (Å²) in [7, 11) is 0. The molecule has 142 valence electrons. The van der Waals surface area contributed by atoms with Crippen molar-refractivity contribution in [1.82, 2.24) is 5.32 Å². The summed E-state index contributed by atoms with van der Waals surface area (Å²) in [6, 6.07) is 1.08. The zero-order valence-corrected chi connectivity index (χ0v) is 12.3. The average molecular weight is 382 g/mol. The Morgan fingerprint density at radius 1 is 0.920 bits per heavy atom. The highest BCUT2D eigenvalue weighted by Gasteiger charge is 2.70. The Bertz CT molecular complexity index is 605. The van der Waals surface area contributed by atoms with Crippen molar-refractivity contribution in [2.24, 2.45) is 0 Å². The average Bonchev–Trinajstić information content (AvgIpc) is 2.41. The van der Waals surface area contributed by atoms with Crippen LogP contribution in [0.25, 0.3) is 0 Å². The highest BCUT2D eigenvalue weighted by atomic mass is 19.4. The minimum atomic E-state index is -5.92. The first kappa shape index (κ1) is 20.9. The van der Waals surface area contributed by atoms with E-state index in [4.69, 9.17) is 0 Å². The molecule has 1 rings (SSSR count). The van der Waals surface area contributed by atoms with Crippen molar-refractivity contribution < 1.29 is 44.3 Å². The summed E-state index contributed by atoms with van der Waals surface area (Å²) in [4.78, 5) is 11.6. The van der Waals surface area contributed by atoms with Gasteiger partial charge in [0.05, 0.1) is 11.3 Å². The molecule has 3 nitrogen and oxygen atoms in total. The highest BCUT2D eigenvalue weighted by Crippen LogP contribution is 2.45.